The summed E-state index contributed by atoms with van der Waals surface area (Å²) in [7, 11) is 1.57. The fourth-order valence-electron chi connectivity index (χ4n) is 3.12. The normalized spacial score (nSPS) is 15.8. The van der Waals surface area contributed by atoms with Crippen LogP contribution in [-0.2, 0) is 17.8 Å². The first-order chi connectivity index (χ1) is 12.7. The van der Waals surface area contributed by atoms with Crippen LogP contribution in [0.25, 0.3) is 11.4 Å². The van der Waals surface area contributed by atoms with E-state index in [2.05, 4.69) is 30.4 Å². The number of carbonyl (C=O) groups excluding carboxylic acids is 1. The molecule has 26 heavy (non-hydrogen) atoms. The molecule has 1 N–H and O–H groups in total. The van der Waals surface area contributed by atoms with Crippen molar-refractivity contribution in [3.8, 4) is 11.4 Å². The maximum Gasteiger partial charge on any atom is 0.275 e. The van der Waals surface area contributed by atoms with Crippen molar-refractivity contribution >= 4 is 5.91 Å². The van der Waals surface area contributed by atoms with Crippen LogP contribution >= 0.6 is 0 Å². The Balaban J connectivity index is 1.52. The van der Waals surface area contributed by atoms with Gasteiger partial charge in [0.1, 0.15) is 12.3 Å². The average molecular weight is 355 g/mol. The Hall–Kier alpha value is -3.07. The molecule has 9 nitrogen and oxygen atoms in total. The Morgan fingerprint density at radius 3 is 3.00 bits per heavy atom. The second kappa shape index (κ2) is 6.68. The summed E-state index contributed by atoms with van der Waals surface area (Å²) in [6.07, 6.45) is 1.67. The van der Waals surface area contributed by atoms with Gasteiger partial charge in [-0.1, -0.05) is 22.4 Å². The molecule has 0 saturated heterocycles. The lowest BCUT2D eigenvalue weighted by Gasteiger charge is -2.13. The highest BCUT2D eigenvalue weighted by Crippen LogP contribution is 2.34. The van der Waals surface area contributed by atoms with Gasteiger partial charge in [0.2, 0.25) is 5.82 Å². The van der Waals surface area contributed by atoms with Crippen LogP contribution in [0.15, 0.2) is 27.4 Å². The Kier molecular flexibility index (Phi) is 4.21. The van der Waals surface area contributed by atoms with Crippen LogP contribution in [0.4, 0.5) is 0 Å². The number of aryl methyl sites for hydroxylation is 2. The van der Waals surface area contributed by atoms with E-state index in [1.54, 1.807) is 14.0 Å². The van der Waals surface area contributed by atoms with Gasteiger partial charge in [0.25, 0.3) is 11.8 Å². The Labute approximate surface area is 148 Å². The maximum absolute atomic E-state index is 12.3. The number of ether oxygens (including phenoxy) is 1. The van der Waals surface area contributed by atoms with Gasteiger partial charge in [-0.15, -0.1) is 0 Å². The molecule has 4 rings (SSSR count). The maximum atomic E-state index is 12.3. The molecule has 0 spiro atoms. The molecule has 1 aliphatic carbocycles. The van der Waals surface area contributed by atoms with Crippen LogP contribution in [0.1, 0.15) is 45.7 Å². The Morgan fingerprint density at radius 1 is 1.35 bits per heavy atom. The zero-order valence-electron chi connectivity index (χ0n) is 14.4. The van der Waals surface area contributed by atoms with Crippen LogP contribution in [-0.4, -0.2) is 33.5 Å². The summed E-state index contributed by atoms with van der Waals surface area (Å²) >= 11 is 0. The number of methoxy groups -OCH3 is 1. The summed E-state index contributed by atoms with van der Waals surface area (Å²) in [6.45, 7) is 1.96. The molecule has 1 aromatic carbocycles. The van der Waals surface area contributed by atoms with Gasteiger partial charge in [-0.25, -0.2) is 4.63 Å². The lowest BCUT2D eigenvalue weighted by molar-refractivity contribution is 0.0926. The fraction of sp³-hybridized carbons (Fsp3) is 0.353. The molecule has 0 aliphatic heterocycles. The molecule has 1 aliphatic rings. The standard InChI is InChI=1S/C17H17N5O4/c1-9-15(21-26-20-9)17(23)18-13-6-4-10-7-11(3-5-12(10)13)16-19-14(8-24-2)25-22-16/h3,5,7,13H,4,6,8H2,1-2H3,(H,18,23)/t13-/m1/s1. The molecule has 9 heteroatoms. The van der Waals surface area contributed by atoms with Crippen LogP contribution < -0.4 is 5.32 Å². The number of nitrogens with zero attached hydrogens (tertiary/aromatic N) is 4. The zero-order valence-corrected chi connectivity index (χ0v) is 14.4. The second-order valence-electron chi connectivity index (χ2n) is 6.12. The number of nitrogens with one attached hydrogen (secondary N) is 1. The molecule has 0 saturated carbocycles. The SMILES string of the molecule is COCc1nc(-c2ccc3c(c2)CC[C@H]3NC(=O)c2nonc2C)no1. The number of hydrogen-bond donors (Lipinski definition) is 1. The Bertz CT molecular complexity index is 948. The largest absolute Gasteiger partial charge is 0.375 e. The second-order valence-corrected chi connectivity index (χ2v) is 6.12. The summed E-state index contributed by atoms with van der Waals surface area (Å²) in [5, 5.41) is 14.3. The van der Waals surface area contributed by atoms with Crippen molar-refractivity contribution in [1.82, 2.24) is 25.8 Å². The van der Waals surface area contributed by atoms with Gasteiger partial charge in [-0.2, -0.15) is 4.98 Å². The van der Waals surface area contributed by atoms with E-state index in [0.29, 0.717) is 17.4 Å². The van der Waals surface area contributed by atoms with Crippen LogP contribution in [0.5, 0.6) is 0 Å². The molecule has 1 amide bonds. The third kappa shape index (κ3) is 2.97. The van der Waals surface area contributed by atoms with E-state index in [1.165, 1.54) is 0 Å². The third-order valence-electron chi connectivity index (χ3n) is 4.39. The molecular weight excluding hydrogens is 338 g/mol. The first kappa shape index (κ1) is 16.4. The number of benzene rings is 1. The van der Waals surface area contributed by atoms with E-state index >= 15 is 0 Å². The highest BCUT2D eigenvalue weighted by atomic mass is 16.6. The minimum absolute atomic E-state index is 0.0722. The van der Waals surface area contributed by atoms with Gasteiger partial charge < -0.3 is 14.6 Å². The predicted molar refractivity (Wildman–Crippen MR) is 88.0 cm³/mol. The van der Waals surface area contributed by atoms with Gasteiger partial charge in [0.05, 0.1) is 6.04 Å². The molecule has 2 heterocycles. The van der Waals surface area contributed by atoms with E-state index in [1.807, 2.05) is 18.2 Å². The number of rotatable bonds is 5. The number of aromatic nitrogens is 4. The molecule has 0 bridgehead atoms. The van der Waals surface area contributed by atoms with Crippen molar-refractivity contribution in [1.29, 1.82) is 0 Å². The highest BCUT2D eigenvalue weighted by Gasteiger charge is 2.27. The summed E-state index contributed by atoms with van der Waals surface area (Å²) < 4.78 is 14.7. The average Bonchev–Trinajstić information content (AvgIpc) is 3.35. The minimum Gasteiger partial charge on any atom is -0.375 e. The highest BCUT2D eigenvalue weighted by molar-refractivity contribution is 5.93. The quantitative estimate of drug-likeness (QED) is 0.738. The van der Waals surface area contributed by atoms with Crippen LogP contribution in [0, 0.1) is 6.92 Å². The summed E-state index contributed by atoms with van der Waals surface area (Å²) in [5.74, 6) is 0.675. The summed E-state index contributed by atoms with van der Waals surface area (Å²) in [5.41, 5.74) is 3.80. The van der Waals surface area contributed by atoms with Crippen molar-refractivity contribution in [3.05, 3.63) is 46.6 Å². The summed E-state index contributed by atoms with van der Waals surface area (Å²) in [4.78, 5) is 16.6. The van der Waals surface area contributed by atoms with Crippen LogP contribution in [0.2, 0.25) is 0 Å². The first-order valence-corrected chi connectivity index (χ1v) is 8.20. The third-order valence-corrected chi connectivity index (χ3v) is 4.39. The van der Waals surface area contributed by atoms with Gasteiger partial charge in [-0.05, 0) is 42.1 Å². The molecule has 0 radical (unpaired) electrons. The molecular formula is C17H17N5O4. The van der Waals surface area contributed by atoms with E-state index in [4.69, 9.17) is 9.26 Å². The predicted octanol–water partition coefficient (Wildman–Crippen LogP) is 1.99. The number of fused-ring (bicyclic) bond motifs is 1. The molecule has 0 unspecified atom stereocenters. The molecule has 134 valence electrons. The first-order valence-electron chi connectivity index (χ1n) is 8.20. The smallest absolute Gasteiger partial charge is 0.275 e. The van der Waals surface area contributed by atoms with E-state index < -0.39 is 0 Å². The van der Waals surface area contributed by atoms with Gasteiger partial charge in [0, 0.05) is 12.7 Å². The van der Waals surface area contributed by atoms with E-state index in [9.17, 15) is 4.79 Å². The number of carbonyl (C=O) groups is 1. The van der Waals surface area contributed by atoms with Crippen molar-refractivity contribution in [3.63, 3.8) is 0 Å². The lowest BCUT2D eigenvalue weighted by Crippen LogP contribution is -2.28. The minimum atomic E-state index is -0.284. The Morgan fingerprint density at radius 2 is 2.23 bits per heavy atom. The van der Waals surface area contributed by atoms with Crippen molar-refractivity contribution in [2.24, 2.45) is 0 Å². The van der Waals surface area contributed by atoms with Crippen molar-refractivity contribution < 1.29 is 18.7 Å². The molecule has 2 aromatic heterocycles. The monoisotopic (exact) mass is 355 g/mol. The lowest BCUT2D eigenvalue weighted by atomic mass is 10.0. The molecule has 3 aromatic rings. The van der Waals surface area contributed by atoms with Crippen molar-refractivity contribution in [2.75, 3.05) is 7.11 Å². The van der Waals surface area contributed by atoms with Crippen LogP contribution in [0.3, 0.4) is 0 Å². The fourth-order valence-corrected chi connectivity index (χ4v) is 3.12. The van der Waals surface area contributed by atoms with E-state index in [-0.39, 0.29) is 24.2 Å². The molecule has 1 atom stereocenters. The van der Waals surface area contributed by atoms with Gasteiger partial charge in [-0.3, -0.25) is 4.79 Å². The summed E-state index contributed by atoms with van der Waals surface area (Å²) in [6, 6.07) is 5.87. The number of amides is 1. The molecule has 0 fully saturated rings. The van der Waals surface area contributed by atoms with Gasteiger partial charge >= 0.3 is 0 Å². The van der Waals surface area contributed by atoms with Gasteiger partial charge in [0.15, 0.2) is 5.69 Å². The van der Waals surface area contributed by atoms with E-state index in [0.717, 1.165) is 29.5 Å². The van der Waals surface area contributed by atoms with Crippen molar-refractivity contribution in [2.45, 2.75) is 32.4 Å². The zero-order chi connectivity index (χ0) is 18.1. The number of hydrogen-bond acceptors (Lipinski definition) is 8. The topological polar surface area (TPSA) is 116 Å².